The van der Waals surface area contributed by atoms with E-state index in [-0.39, 0.29) is 16.4 Å². The lowest BCUT2D eigenvalue weighted by Crippen LogP contribution is -2.38. The molecule has 0 bridgehead atoms. The predicted molar refractivity (Wildman–Crippen MR) is 117 cm³/mol. The van der Waals surface area contributed by atoms with Gasteiger partial charge in [-0.2, -0.15) is 0 Å². The number of fused-ring (bicyclic) bond motifs is 3. The summed E-state index contributed by atoms with van der Waals surface area (Å²) in [5.74, 6) is 0. The van der Waals surface area contributed by atoms with E-state index in [0.717, 1.165) is 0 Å². The van der Waals surface area contributed by atoms with E-state index in [9.17, 15) is 0 Å². The standard InChI is InChI=1S/C25H30N2S/c1-23(2,3)27-15-26-19-13-16-17(25(6,7)12-11-24(16,4)5)14-21(19)28-20-10-8-9-18(27)22(20)26/h8-10,13-14H,11-12H2,1-7H3. The van der Waals surface area contributed by atoms with Gasteiger partial charge in [0.2, 0.25) is 6.33 Å². The SMILES string of the molecule is CC1(C)CCC(C)(C)c2cc3c(cc21)Sc1cccc2c1[n+]-3[c-]n2C(C)(C)C. The van der Waals surface area contributed by atoms with Crippen LogP contribution in [0.2, 0.25) is 0 Å². The van der Waals surface area contributed by atoms with Gasteiger partial charge in [0, 0.05) is 9.79 Å². The van der Waals surface area contributed by atoms with Crippen molar-refractivity contribution in [3.05, 3.63) is 47.8 Å². The Morgan fingerprint density at radius 3 is 2.25 bits per heavy atom. The normalized spacial score (nSPS) is 19.4. The highest BCUT2D eigenvalue weighted by Gasteiger charge is 2.38. The number of rotatable bonds is 0. The first-order chi connectivity index (χ1) is 13.0. The Labute approximate surface area is 173 Å². The number of aromatic nitrogens is 2. The molecule has 0 radical (unpaired) electrons. The summed E-state index contributed by atoms with van der Waals surface area (Å²) in [6, 6.07) is 11.6. The Morgan fingerprint density at radius 1 is 0.964 bits per heavy atom. The van der Waals surface area contributed by atoms with Crippen molar-refractivity contribution >= 4 is 22.8 Å². The molecule has 0 unspecified atom stereocenters. The average molecular weight is 391 g/mol. The van der Waals surface area contributed by atoms with Gasteiger partial charge in [-0.15, -0.1) is 11.8 Å². The van der Waals surface area contributed by atoms with Gasteiger partial charge in [-0.1, -0.05) is 52.0 Å². The molecule has 28 heavy (non-hydrogen) atoms. The molecule has 1 aromatic heterocycles. The summed E-state index contributed by atoms with van der Waals surface area (Å²) < 4.78 is 4.62. The molecule has 0 amide bonds. The molecule has 2 heterocycles. The first kappa shape index (κ1) is 18.3. The smallest absolute Gasteiger partial charge is 0.244 e. The molecule has 3 aromatic rings. The lowest BCUT2D eigenvalue weighted by Gasteiger charge is -2.43. The minimum absolute atomic E-state index is 0.00718. The van der Waals surface area contributed by atoms with E-state index in [1.165, 1.54) is 50.5 Å². The summed E-state index contributed by atoms with van der Waals surface area (Å²) in [6.45, 7) is 16.4. The summed E-state index contributed by atoms with van der Waals surface area (Å²) in [5, 5.41) is 0. The van der Waals surface area contributed by atoms with Gasteiger partial charge in [-0.25, -0.2) is 0 Å². The third-order valence-electron chi connectivity index (χ3n) is 6.71. The van der Waals surface area contributed by atoms with E-state index in [2.05, 4.69) is 94.3 Å². The summed E-state index contributed by atoms with van der Waals surface area (Å²) in [4.78, 5) is 2.69. The molecule has 2 nitrogen and oxygen atoms in total. The number of imidazole rings is 1. The van der Waals surface area contributed by atoms with Crippen LogP contribution < -0.4 is 4.57 Å². The molecular formula is C25H30N2S. The zero-order valence-electron chi connectivity index (χ0n) is 18.1. The molecule has 2 aromatic carbocycles. The second kappa shape index (κ2) is 5.44. The predicted octanol–water partition coefficient (Wildman–Crippen LogP) is 6.29. The van der Waals surface area contributed by atoms with Crippen molar-refractivity contribution < 1.29 is 4.57 Å². The van der Waals surface area contributed by atoms with Crippen LogP contribution in [0.25, 0.3) is 16.7 Å². The quantitative estimate of drug-likeness (QED) is 0.253. The molecule has 0 N–H and O–H groups in total. The lowest BCUT2D eigenvalue weighted by molar-refractivity contribution is -0.578. The molecule has 5 rings (SSSR count). The third kappa shape index (κ3) is 2.45. The lowest BCUT2D eigenvalue weighted by atomic mass is 9.63. The Morgan fingerprint density at radius 2 is 1.61 bits per heavy atom. The van der Waals surface area contributed by atoms with Gasteiger partial charge >= 0.3 is 0 Å². The maximum Gasteiger partial charge on any atom is 0.244 e. The van der Waals surface area contributed by atoms with Crippen LogP contribution in [0.1, 0.15) is 72.4 Å². The zero-order valence-corrected chi connectivity index (χ0v) is 18.9. The van der Waals surface area contributed by atoms with Gasteiger partial charge in [0.1, 0.15) is 0 Å². The van der Waals surface area contributed by atoms with Crippen molar-refractivity contribution in [1.82, 2.24) is 4.57 Å². The number of hydrogen-bond acceptors (Lipinski definition) is 1. The van der Waals surface area contributed by atoms with Crippen LogP contribution >= 0.6 is 11.8 Å². The van der Waals surface area contributed by atoms with E-state index < -0.39 is 0 Å². The molecule has 1 aliphatic heterocycles. The van der Waals surface area contributed by atoms with Crippen LogP contribution in [0.15, 0.2) is 40.1 Å². The highest BCUT2D eigenvalue weighted by Crippen LogP contribution is 2.49. The third-order valence-corrected chi connectivity index (χ3v) is 7.80. The second-order valence-corrected chi connectivity index (χ2v) is 11.9. The van der Waals surface area contributed by atoms with E-state index in [1.807, 2.05) is 11.8 Å². The Bertz CT molecular complexity index is 1130. The maximum absolute atomic E-state index is 3.70. The fraction of sp³-hybridized carbons (Fsp3) is 0.480. The number of nitrogens with zero attached hydrogens (tertiary/aromatic N) is 2. The molecule has 0 saturated heterocycles. The molecular weight excluding hydrogens is 360 g/mol. The number of benzene rings is 2. The topological polar surface area (TPSA) is 8.81 Å². The number of hydrogen-bond donors (Lipinski definition) is 0. The highest BCUT2D eigenvalue weighted by molar-refractivity contribution is 7.99. The maximum atomic E-state index is 3.70. The average Bonchev–Trinajstić information content (AvgIpc) is 3.00. The van der Waals surface area contributed by atoms with Gasteiger partial charge in [-0.05, 0) is 61.6 Å². The second-order valence-electron chi connectivity index (χ2n) is 10.8. The van der Waals surface area contributed by atoms with Gasteiger partial charge in [0.05, 0.1) is 22.3 Å². The van der Waals surface area contributed by atoms with E-state index in [1.54, 1.807) is 0 Å². The molecule has 3 heteroatoms. The van der Waals surface area contributed by atoms with Crippen LogP contribution in [0.5, 0.6) is 0 Å². The van der Waals surface area contributed by atoms with E-state index in [0.29, 0.717) is 0 Å². The van der Waals surface area contributed by atoms with Crippen LogP contribution in [-0.4, -0.2) is 4.57 Å². The minimum atomic E-state index is -0.00718. The zero-order chi connectivity index (χ0) is 20.1. The fourth-order valence-electron chi connectivity index (χ4n) is 4.85. The van der Waals surface area contributed by atoms with Crippen molar-refractivity contribution in [2.45, 2.75) is 87.5 Å². The Balaban J connectivity index is 1.84. The van der Waals surface area contributed by atoms with Crippen LogP contribution in [0, 0.1) is 6.33 Å². The summed E-state index contributed by atoms with van der Waals surface area (Å²) >= 11 is 1.92. The van der Waals surface area contributed by atoms with Crippen LogP contribution in [-0.2, 0) is 16.4 Å². The van der Waals surface area contributed by atoms with Crippen molar-refractivity contribution in [3.8, 4) is 5.69 Å². The van der Waals surface area contributed by atoms with Crippen molar-refractivity contribution in [3.63, 3.8) is 0 Å². The molecule has 2 aliphatic rings. The van der Waals surface area contributed by atoms with Crippen molar-refractivity contribution in [2.75, 3.05) is 0 Å². The molecule has 0 saturated carbocycles. The molecule has 0 spiro atoms. The summed E-state index contributed by atoms with van der Waals surface area (Å²) in [7, 11) is 0. The monoisotopic (exact) mass is 390 g/mol. The largest absolute Gasteiger partial charge is 0.317 e. The van der Waals surface area contributed by atoms with Crippen LogP contribution in [0.4, 0.5) is 0 Å². The molecule has 1 aliphatic carbocycles. The first-order valence-corrected chi connectivity index (χ1v) is 11.2. The van der Waals surface area contributed by atoms with E-state index >= 15 is 0 Å². The molecule has 0 atom stereocenters. The minimum Gasteiger partial charge on any atom is -0.317 e. The molecule has 146 valence electrons. The van der Waals surface area contributed by atoms with Gasteiger partial charge < -0.3 is 9.13 Å². The van der Waals surface area contributed by atoms with Gasteiger partial charge in [0.15, 0.2) is 0 Å². The molecule has 0 fully saturated rings. The van der Waals surface area contributed by atoms with Gasteiger partial charge in [0.25, 0.3) is 0 Å². The summed E-state index contributed by atoms with van der Waals surface area (Å²) in [5.41, 5.74) is 7.34. The first-order valence-electron chi connectivity index (χ1n) is 10.4. The fourth-order valence-corrected chi connectivity index (χ4v) is 5.95. The Kier molecular flexibility index (Phi) is 3.56. The summed E-state index contributed by atoms with van der Waals surface area (Å²) in [6.07, 6.45) is 6.19. The van der Waals surface area contributed by atoms with Crippen molar-refractivity contribution in [2.24, 2.45) is 0 Å². The van der Waals surface area contributed by atoms with E-state index in [4.69, 9.17) is 0 Å². The van der Waals surface area contributed by atoms with Crippen molar-refractivity contribution in [1.29, 1.82) is 0 Å². The Hall–Kier alpha value is -1.74. The van der Waals surface area contributed by atoms with Gasteiger partial charge in [-0.3, -0.25) is 0 Å². The van der Waals surface area contributed by atoms with Crippen LogP contribution in [0.3, 0.4) is 0 Å². The highest BCUT2D eigenvalue weighted by atomic mass is 32.2. The number of para-hydroxylation sites is 1.